The SMILES string of the molecule is CC(C)S[C@@H](CNC(=O)O[C@H](C)OC(=O)C(C)C)C(=O)O. The lowest BCUT2D eigenvalue weighted by molar-refractivity contribution is -0.168. The number of carbonyl (C=O) groups is 3. The summed E-state index contributed by atoms with van der Waals surface area (Å²) in [5, 5.41) is 10.7. The van der Waals surface area contributed by atoms with Gasteiger partial charge in [-0.15, -0.1) is 11.8 Å². The molecule has 0 aromatic heterocycles. The average Bonchev–Trinajstić information content (AvgIpc) is 2.33. The fourth-order valence-corrected chi connectivity index (χ4v) is 2.17. The molecular weight excluding hydrogens is 298 g/mol. The first-order valence-electron chi connectivity index (χ1n) is 6.66. The van der Waals surface area contributed by atoms with Crippen LogP contribution in [0.25, 0.3) is 0 Å². The van der Waals surface area contributed by atoms with Gasteiger partial charge in [-0.25, -0.2) is 4.79 Å². The average molecular weight is 321 g/mol. The standard InChI is InChI=1S/C13H23NO6S/c1-7(2)12(17)19-9(5)20-13(18)14-6-10(11(15)16)21-8(3)4/h7-10H,6H2,1-5H3,(H,14,18)(H,15,16)/t9-,10+/m1/s1. The molecule has 0 unspecified atom stereocenters. The van der Waals surface area contributed by atoms with Crippen molar-refractivity contribution in [2.45, 2.75) is 51.4 Å². The molecule has 0 aromatic rings. The Morgan fingerprint density at radius 2 is 1.67 bits per heavy atom. The van der Waals surface area contributed by atoms with Crippen molar-refractivity contribution in [2.24, 2.45) is 5.92 Å². The lowest BCUT2D eigenvalue weighted by Crippen LogP contribution is -2.37. The van der Waals surface area contributed by atoms with Gasteiger partial charge in [0.15, 0.2) is 0 Å². The van der Waals surface area contributed by atoms with Crippen LogP contribution in [-0.4, -0.2) is 46.5 Å². The smallest absolute Gasteiger partial charge is 0.410 e. The van der Waals surface area contributed by atoms with Crippen molar-refractivity contribution >= 4 is 29.8 Å². The van der Waals surface area contributed by atoms with E-state index in [0.717, 1.165) is 0 Å². The molecule has 0 saturated heterocycles. The van der Waals surface area contributed by atoms with E-state index >= 15 is 0 Å². The molecule has 122 valence electrons. The van der Waals surface area contributed by atoms with E-state index in [2.05, 4.69) is 5.32 Å². The Bertz CT molecular complexity index is 372. The molecule has 0 aliphatic carbocycles. The predicted octanol–water partition coefficient (Wildman–Crippen LogP) is 1.85. The number of carboxylic acids is 1. The molecule has 2 atom stereocenters. The van der Waals surface area contributed by atoms with E-state index < -0.39 is 29.6 Å². The van der Waals surface area contributed by atoms with Crippen molar-refractivity contribution in [2.75, 3.05) is 6.54 Å². The second-order valence-corrected chi connectivity index (χ2v) is 6.74. The van der Waals surface area contributed by atoms with Crippen LogP contribution in [0.4, 0.5) is 4.79 Å². The molecule has 0 aromatic carbocycles. The Hall–Kier alpha value is -1.44. The maximum absolute atomic E-state index is 11.5. The van der Waals surface area contributed by atoms with Crippen LogP contribution in [-0.2, 0) is 19.1 Å². The number of alkyl carbamates (subject to hydrolysis) is 1. The molecule has 0 spiro atoms. The molecule has 7 nitrogen and oxygen atoms in total. The molecule has 8 heteroatoms. The number of carbonyl (C=O) groups excluding carboxylic acids is 2. The highest BCUT2D eigenvalue weighted by atomic mass is 32.2. The summed E-state index contributed by atoms with van der Waals surface area (Å²) in [4.78, 5) is 33.8. The zero-order valence-corrected chi connectivity index (χ0v) is 13.7. The third-order valence-electron chi connectivity index (χ3n) is 2.17. The van der Waals surface area contributed by atoms with Crippen molar-refractivity contribution in [1.29, 1.82) is 0 Å². The minimum Gasteiger partial charge on any atom is -0.480 e. The zero-order chi connectivity index (χ0) is 16.6. The third-order valence-corrected chi connectivity index (χ3v) is 3.41. The van der Waals surface area contributed by atoms with Crippen LogP contribution in [0.3, 0.4) is 0 Å². The van der Waals surface area contributed by atoms with E-state index in [1.54, 1.807) is 13.8 Å². The summed E-state index contributed by atoms with van der Waals surface area (Å²) in [6.45, 7) is 8.41. The first kappa shape index (κ1) is 19.6. The number of nitrogens with one attached hydrogen (secondary N) is 1. The number of aliphatic carboxylic acids is 1. The number of hydrogen-bond acceptors (Lipinski definition) is 6. The molecule has 0 rings (SSSR count). The van der Waals surface area contributed by atoms with Crippen molar-refractivity contribution in [1.82, 2.24) is 5.32 Å². The molecule has 0 bridgehead atoms. The quantitative estimate of drug-likeness (QED) is 0.519. The summed E-state index contributed by atoms with van der Waals surface area (Å²) < 4.78 is 9.67. The maximum atomic E-state index is 11.5. The minimum absolute atomic E-state index is 0.0676. The molecule has 1 amide bonds. The highest BCUT2D eigenvalue weighted by Crippen LogP contribution is 2.16. The van der Waals surface area contributed by atoms with Crippen LogP contribution in [0.5, 0.6) is 0 Å². The first-order chi connectivity index (χ1) is 9.63. The molecule has 0 radical (unpaired) electrons. The number of rotatable bonds is 8. The van der Waals surface area contributed by atoms with Gasteiger partial charge in [0.25, 0.3) is 0 Å². The van der Waals surface area contributed by atoms with Gasteiger partial charge in [-0.1, -0.05) is 27.7 Å². The third kappa shape index (κ3) is 9.17. The number of carboxylic acid groups (broad SMARTS) is 1. The summed E-state index contributed by atoms with van der Waals surface area (Å²) in [5.41, 5.74) is 0. The molecule has 0 aliphatic heterocycles. The number of ether oxygens (including phenoxy) is 2. The van der Waals surface area contributed by atoms with E-state index in [1.807, 2.05) is 13.8 Å². The first-order valence-corrected chi connectivity index (χ1v) is 7.61. The van der Waals surface area contributed by atoms with E-state index in [0.29, 0.717) is 0 Å². The summed E-state index contributed by atoms with van der Waals surface area (Å²) in [7, 11) is 0. The van der Waals surface area contributed by atoms with Crippen LogP contribution in [0.1, 0.15) is 34.6 Å². The van der Waals surface area contributed by atoms with E-state index in [1.165, 1.54) is 18.7 Å². The maximum Gasteiger partial charge on any atom is 0.410 e. The van der Waals surface area contributed by atoms with Crippen molar-refractivity contribution in [3.63, 3.8) is 0 Å². The minimum atomic E-state index is -1.03. The van der Waals surface area contributed by atoms with Gasteiger partial charge in [0.1, 0.15) is 5.25 Å². The van der Waals surface area contributed by atoms with Gasteiger partial charge in [0.2, 0.25) is 6.29 Å². The molecule has 0 aliphatic rings. The summed E-state index contributed by atoms with van der Waals surface area (Å²) >= 11 is 1.23. The summed E-state index contributed by atoms with van der Waals surface area (Å²) in [6.07, 6.45) is -1.85. The van der Waals surface area contributed by atoms with Gasteiger partial charge < -0.3 is 19.9 Å². The largest absolute Gasteiger partial charge is 0.480 e. The zero-order valence-electron chi connectivity index (χ0n) is 12.9. The molecule has 0 saturated carbocycles. The van der Waals surface area contributed by atoms with E-state index in [-0.39, 0.29) is 17.7 Å². The van der Waals surface area contributed by atoms with Crippen molar-refractivity contribution in [3.05, 3.63) is 0 Å². The highest BCUT2D eigenvalue weighted by molar-refractivity contribution is 8.01. The van der Waals surface area contributed by atoms with Crippen LogP contribution in [0.15, 0.2) is 0 Å². The lowest BCUT2D eigenvalue weighted by atomic mass is 10.2. The Labute approximate surface area is 128 Å². The van der Waals surface area contributed by atoms with Crippen LogP contribution in [0.2, 0.25) is 0 Å². The Balaban J connectivity index is 4.18. The van der Waals surface area contributed by atoms with Gasteiger partial charge in [-0.3, -0.25) is 9.59 Å². The van der Waals surface area contributed by atoms with E-state index in [9.17, 15) is 14.4 Å². The van der Waals surface area contributed by atoms with Crippen molar-refractivity contribution < 1.29 is 29.0 Å². The lowest BCUT2D eigenvalue weighted by Gasteiger charge is -2.18. The fourth-order valence-electron chi connectivity index (χ4n) is 1.21. The fraction of sp³-hybridized carbons (Fsp3) is 0.769. The number of thioether (sulfide) groups is 1. The predicted molar refractivity (Wildman–Crippen MR) is 79.0 cm³/mol. The monoisotopic (exact) mass is 321 g/mol. The Morgan fingerprint density at radius 3 is 2.10 bits per heavy atom. The Morgan fingerprint density at radius 1 is 1.10 bits per heavy atom. The second kappa shape index (κ2) is 9.49. The van der Waals surface area contributed by atoms with Gasteiger partial charge in [-0.05, 0) is 5.25 Å². The topological polar surface area (TPSA) is 102 Å². The van der Waals surface area contributed by atoms with Gasteiger partial charge in [0.05, 0.1) is 5.92 Å². The summed E-state index contributed by atoms with van der Waals surface area (Å²) in [5.74, 6) is -1.81. The number of esters is 1. The van der Waals surface area contributed by atoms with Gasteiger partial charge >= 0.3 is 18.0 Å². The van der Waals surface area contributed by atoms with Crippen LogP contribution >= 0.6 is 11.8 Å². The Kier molecular flexibility index (Phi) is 8.84. The molecule has 0 heterocycles. The summed E-state index contributed by atoms with van der Waals surface area (Å²) in [6, 6.07) is 0. The molecular formula is C13H23NO6S. The number of amides is 1. The molecule has 0 fully saturated rings. The number of hydrogen-bond donors (Lipinski definition) is 2. The van der Waals surface area contributed by atoms with Crippen LogP contribution in [0, 0.1) is 5.92 Å². The second-order valence-electron chi connectivity index (χ2n) is 4.96. The van der Waals surface area contributed by atoms with Crippen molar-refractivity contribution in [3.8, 4) is 0 Å². The van der Waals surface area contributed by atoms with E-state index in [4.69, 9.17) is 14.6 Å². The highest BCUT2D eigenvalue weighted by Gasteiger charge is 2.22. The molecule has 21 heavy (non-hydrogen) atoms. The molecule has 2 N–H and O–H groups in total. The van der Waals surface area contributed by atoms with Gasteiger partial charge in [0, 0.05) is 13.5 Å². The van der Waals surface area contributed by atoms with Crippen LogP contribution < -0.4 is 5.32 Å². The normalized spacial score (nSPS) is 13.7. The van der Waals surface area contributed by atoms with Gasteiger partial charge in [-0.2, -0.15) is 0 Å².